The van der Waals surface area contributed by atoms with Crippen molar-refractivity contribution < 1.29 is 0 Å². The molecule has 0 aliphatic heterocycles. The van der Waals surface area contributed by atoms with Gasteiger partial charge in [0, 0.05) is 27.9 Å². The van der Waals surface area contributed by atoms with Crippen LogP contribution >= 0.6 is 23.4 Å². The number of benzene rings is 1. The number of thioether (sulfide) groups is 1. The molecule has 0 amide bonds. The summed E-state index contributed by atoms with van der Waals surface area (Å²) >= 11 is 7.87. The molecule has 4 nitrogen and oxygen atoms in total. The van der Waals surface area contributed by atoms with Crippen molar-refractivity contribution in [3.63, 3.8) is 0 Å². The number of hydrogen-bond donors (Lipinski definition) is 1. The average Bonchev–Trinajstić information content (AvgIpc) is 2.75. The van der Waals surface area contributed by atoms with Crippen LogP contribution in [0, 0.1) is 0 Å². The highest BCUT2D eigenvalue weighted by molar-refractivity contribution is 8.00. The highest BCUT2D eigenvalue weighted by atomic mass is 35.5. The molecule has 0 radical (unpaired) electrons. The molecule has 2 aromatic rings. The lowest BCUT2D eigenvalue weighted by Gasteiger charge is -2.13. The van der Waals surface area contributed by atoms with Gasteiger partial charge in [-0.25, -0.2) is 4.98 Å². The van der Waals surface area contributed by atoms with Crippen molar-refractivity contribution in [3.05, 3.63) is 35.4 Å². The number of halogens is 1. The number of aryl methyl sites for hydroxylation is 1. The smallest absolute Gasteiger partial charge is 0.145 e. The van der Waals surface area contributed by atoms with E-state index in [9.17, 15) is 0 Å². The van der Waals surface area contributed by atoms with Crippen molar-refractivity contribution in [3.8, 4) is 0 Å². The molecule has 0 unspecified atom stereocenters. The zero-order valence-electron chi connectivity index (χ0n) is 11.2. The third kappa shape index (κ3) is 3.88. The van der Waals surface area contributed by atoms with Gasteiger partial charge in [0.1, 0.15) is 12.2 Å². The molecule has 0 aliphatic rings. The number of nitrogens with zero attached hydrogens (tertiary/aromatic N) is 3. The van der Waals surface area contributed by atoms with Crippen molar-refractivity contribution in [2.75, 3.05) is 5.32 Å². The first-order chi connectivity index (χ1) is 9.06. The van der Waals surface area contributed by atoms with Crippen LogP contribution in [0.2, 0.25) is 5.02 Å². The Morgan fingerprint density at radius 2 is 2.21 bits per heavy atom. The number of hydrogen-bond acceptors (Lipinski definition) is 4. The topological polar surface area (TPSA) is 42.7 Å². The second-order valence-electron chi connectivity index (χ2n) is 4.46. The van der Waals surface area contributed by atoms with Gasteiger partial charge in [0.05, 0.1) is 6.54 Å². The van der Waals surface area contributed by atoms with Crippen LogP contribution in [0.25, 0.3) is 0 Å². The molecule has 1 heterocycles. The predicted molar refractivity (Wildman–Crippen MR) is 80.8 cm³/mol. The molecule has 1 N–H and O–H groups in total. The zero-order chi connectivity index (χ0) is 13.8. The second kappa shape index (κ2) is 6.30. The molecule has 0 saturated heterocycles. The van der Waals surface area contributed by atoms with Crippen molar-refractivity contribution in [2.24, 2.45) is 7.05 Å². The van der Waals surface area contributed by atoms with Crippen molar-refractivity contribution in [1.29, 1.82) is 0 Å². The molecule has 1 aromatic heterocycles. The molecular weight excluding hydrogens is 280 g/mol. The van der Waals surface area contributed by atoms with Crippen LogP contribution in [0.5, 0.6) is 0 Å². The van der Waals surface area contributed by atoms with Crippen LogP contribution in [-0.2, 0) is 13.6 Å². The first-order valence-corrected chi connectivity index (χ1v) is 7.35. The highest BCUT2D eigenvalue weighted by Gasteiger charge is 2.07. The predicted octanol–water partition coefficient (Wildman–Crippen LogP) is 3.58. The van der Waals surface area contributed by atoms with E-state index >= 15 is 0 Å². The minimum Gasteiger partial charge on any atom is -0.377 e. The van der Waals surface area contributed by atoms with Gasteiger partial charge in [-0.1, -0.05) is 25.4 Å². The van der Waals surface area contributed by atoms with E-state index in [1.54, 1.807) is 11.0 Å². The van der Waals surface area contributed by atoms with Gasteiger partial charge in [0.15, 0.2) is 0 Å². The zero-order valence-corrected chi connectivity index (χ0v) is 12.8. The van der Waals surface area contributed by atoms with Gasteiger partial charge < -0.3 is 5.32 Å². The summed E-state index contributed by atoms with van der Waals surface area (Å²) < 4.78 is 1.76. The van der Waals surface area contributed by atoms with E-state index in [2.05, 4.69) is 29.2 Å². The maximum Gasteiger partial charge on any atom is 0.145 e. The minimum atomic E-state index is 0.525. The lowest BCUT2D eigenvalue weighted by molar-refractivity contribution is 0.711. The Hall–Kier alpha value is -1.20. The molecule has 6 heteroatoms. The Morgan fingerprint density at radius 1 is 1.42 bits per heavy atom. The summed E-state index contributed by atoms with van der Waals surface area (Å²) in [5, 5.41) is 8.68. The first kappa shape index (κ1) is 14.2. The Kier molecular flexibility index (Phi) is 4.71. The molecule has 2 rings (SSSR count). The van der Waals surface area contributed by atoms with Crippen LogP contribution in [-0.4, -0.2) is 20.0 Å². The van der Waals surface area contributed by atoms with Gasteiger partial charge in [-0.05, 0) is 18.2 Å². The molecule has 0 spiro atoms. The Balaban J connectivity index is 2.14. The number of nitrogens with one attached hydrogen (secondary N) is 1. The normalized spacial score (nSPS) is 11.0. The summed E-state index contributed by atoms with van der Waals surface area (Å²) in [6, 6.07) is 5.91. The molecule has 19 heavy (non-hydrogen) atoms. The Morgan fingerprint density at radius 3 is 2.84 bits per heavy atom. The van der Waals surface area contributed by atoms with Crippen molar-refractivity contribution in [2.45, 2.75) is 30.5 Å². The summed E-state index contributed by atoms with van der Waals surface area (Å²) in [6.45, 7) is 4.97. The van der Waals surface area contributed by atoms with Gasteiger partial charge in [-0.3, -0.25) is 4.68 Å². The van der Waals surface area contributed by atoms with Gasteiger partial charge in [0.25, 0.3) is 0 Å². The fraction of sp³-hybridized carbons (Fsp3) is 0.385. The molecule has 0 bridgehead atoms. The molecule has 0 saturated carbocycles. The third-order valence-corrected chi connectivity index (χ3v) is 3.86. The summed E-state index contributed by atoms with van der Waals surface area (Å²) in [5.74, 6) is 0.889. The van der Waals surface area contributed by atoms with Crippen molar-refractivity contribution >= 4 is 29.1 Å². The van der Waals surface area contributed by atoms with Gasteiger partial charge in [0.2, 0.25) is 0 Å². The van der Waals surface area contributed by atoms with E-state index in [1.807, 2.05) is 37.0 Å². The Labute approximate surface area is 122 Å². The third-order valence-electron chi connectivity index (χ3n) is 2.55. The number of anilines is 1. The van der Waals surface area contributed by atoms with Gasteiger partial charge in [-0.15, -0.1) is 11.8 Å². The monoisotopic (exact) mass is 296 g/mol. The summed E-state index contributed by atoms with van der Waals surface area (Å²) in [6.07, 6.45) is 1.55. The minimum absolute atomic E-state index is 0.525. The first-order valence-electron chi connectivity index (χ1n) is 6.09. The lowest BCUT2D eigenvalue weighted by Crippen LogP contribution is -2.07. The second-order valence-corrected chi connectivity index (χ2v) is 6.52. The maximum atomic E-state index is 6.06. The fourth-order valence-corrected chi connectivity index (χ4v) is 2.74. The van der Waals surface area contributed by atoms with Crippen molar-refractivity contribution in [1.82, 2.24) is 14.8 Å². The summed E-state index contributed by atoms with van der Waals surface area (Å²) in [7, 11) is 1.88. The standard InChI is InChI=1S/C13H17ClN4S/c1-9(2)19-12-5-4-10(14)6-11(12)15-7-13-16-8-17-18(13)3/h4-6,8-9,15H,7H2,1-3H3. The molecule has 0 fully saturated rings. The molecule has 102 valence electrons. The molecule has 1 aromatic carbocycles. The van der Waals surface area contributed by atoms with E-state index in [0.717, 1.165) is 16.5 Å². The summed E-state index contributed by atoms with van der Waals surface area (Å²) in [4.78, 5) is 5.39. The van der Waals surface area contributed by atoms with E-state index in [0.29, 0.717) is 11.8 Å². The van der Waals surface area contributed by atoms with Crippen LogP contribution in [0.15, 0.2) is 29.4 Å². The number of aromatic nitrogens is 3. The lowest BCUT2D eigenvalue weighted by atomic mass is 10.3. The quantitative estimate of drug-likeness (QED) is 0.857. The van der Waals surface area contributed by atoms with E-state index < -0.39 is 0 Å². The van der Waals surface area contributed by atoms with Crippen LogP contribution in [0.1, 0.15) is 19.7 Å². The van der Waals surface area contributed by atoms with Gasteiger partial charge in [-0.2, -0.15) is 5.10 Å². The van der Waals surface area contributed by atoms with E-state index in [-0.39, 0.29) is 0 Å². The highest BCUT2D eigenvalue weighted by Crippen LogP contribution is 2.32. The molecule has 0 aliphatic carbocycles. The average molecular weight is 297 g/mol. The molecule has 0 atom stereocenters. The fourth-order valence-electron chi connectivity index (χ4n) is 1.65. The van der Waals surface area contributed by atoms with Gasteiger partial charge >= 0.3 is 0 Å². The SMILES string of the molecule is CC(C)Sc1ccc(Cl)cc1NCc1ncnn1C. The van der Waals surface area contributed by atoms with E-state index in [4.69, 9.17) is 11.6 Å². The maximum absolute atomic E-state index is 6.06. The van der Waals surface area contributed by atoms with Crippen LogP contribution in [0.4, 0.5) is 5.69 Å². The van der Waals surface area contributed by atoms with E-state index in [1.165, 1.54) is 4.90 Å². The van der Waals surface area contributed by atoms with Crippen LogP contribution in [0.3, 0.4) is 0 Å². The molecular formula is C13H17ClN4S. The Bertz CT molecular complexity index is 553. The summed E-state index contributed by atoms with van der Waals surface area (Å²) in [5.41, 5.74) is 1.04. The number of rotatable bonds is 5. The van der Waals surface area contributed by atoms with Crippen LogP contribution < -0.4 is 5.32 Å². The largest absolute Gasteiger partial charge is 0.377 e.